The molecule has 162 valence electrons. The van der Waals surface area contributed by atoms with Gasteiger partial charge in [-0.2, -0.15) is 4.37 Å². The molecule has 4 aromatic rings. The van der Waals surface area contributed by atoms with E-state index in [1.807, 2.05) is 6.07 Å². The summed E-state index contributed by atoms with van der Waals surface area (Å²) in [5.74, 6) is 1.08. The van der Waals surface area contributed by atoms with Crippen molar-refractivity contribution in [3.63, 3.8) is 0 Å². The molecule has 4 heterocycles. The lowest BCUT2D eigenvalue weighted by atomic mass is 10.2. The van der Waals surface area contributed by atoms with Crippen molar-refractivity contribution in [1.82, 2.24) is 24.0 Å². The molecule has 0 radical (unpaired) electrons. The number of aromatic amines is 1. The first-order valence-electron chi connectivity index (χ1n) is 10.4. The maximum atomic E-state index is 12.7. The van der Waals surface area contributed by atoms with Crippen molar-refractivity contribution in [2.75, 3.05) is 44.2 Å². The zero-order valence-electron chi connectivity index (χ0n) is 17.0. The standard InChI is InChI=1S/C21H24N6O2S2/c28-31(29,19-15-23-20-17(19)6-3-8-22-20)24-9-4-10-26-11-13-27(14-12-26)21-16-5-1-2-7-18(16)30-25-21/h1-3,5-8,15,24H,4,9-14H2,(H,22,23). The molecule has 0 aliphatic carbocycles. The largest absolute Gasteiger partial charge is 0.353 e. The number of rotatable bonds is 7. The second kappa shape index (κ2) is 8.54. The topological polar surface area (TPSA) is 94.2 Å². The zero-order valence-corrected chi connectivity index (χ0v) is 18.6. The molecule has 2 N–H and O–H groups in total. The molecule has 0 unspecified atom stereocenters. The summed E-state index contributed by atoms with van der Waals surface area (Å²) in [6.07, 6.45) is 3.90. The van der Waals surface area contributed by atoms with E-state index in [4.69, 9.17) is 0 Å². The molecule has 0 amide bonds. The molecular weight excluding hydrogens is 432 g/mol. The summed E-state index contributed by atoms with van der Waals surface area (Å²) in [5, 5.41) is 1.84. The molecule has 31 heavy (non-hydrogen) atoms. The predicted molar refractivity (Wildman–Crippen MR) is 124 cm³/mol. The Balaban J connectivity index is 1.11. The highest BCUT2D eigenvalue weighted by Gasteiger charge is 2.21. The zero-order chi connectivity index (χ0) is 21.3. The maximum Gasteiger partial charge on any atom is 0.242 e. The Labute approximate surface area is 185 Å². The highest BCUT2D eigenvalue weighted by molar-refractivity contribution is 7.89. The number of piperazine rings is 1. The van der Waals surface area contributed by atoms with Crippen molar-refractivity contribution in [2.24, 2.45) is 0 Å². The lowest BCUT2D eigenvalue weighted by Gasteiger charge is -2.35. The average molecular weight is 457 g/mol. The fourth-order valence-electron chi connectivity index (χ4n) is 4.02. The van der Waals surface area contributed by atoms with E-state index in [1.165, 1.54) is 16.3 Å². The number of nitrogens with one attached hydrogen (secondary N) is 2. The van der Waals surface area contributed by atoms with Crippen LogP contribution in [0.15, 0.2) is 53.7 Å². The van der Waals surface area contributed by atoms with Crippen LogP contribution in [0.2, 0.25) is 0 Å². The predicted octanol–water partition coefficient (Wildman–Crippen LogP) is 2.66. The van der Waals surface area contributed by atoms with Gasteiger partial charge in [-0.15, -0.1) is 0 Å². The normalized spacial score (nSPS) is 15.8. The van der Waals surface area contributed by atoms with Gasteiger partial charge in [0.05, 0.1) is 4.70 Å². The lowest BCUT2D eigenvalue weighted by molar-refractivity contribution is 0.255. The molecule has 3 aromatic heterocycles. The minimum Gasteiger partial charge on any atom is -0.353 e. The third kappa shape index (κ3) is 4.16. The van der Waals surface area contributed by atoms with Crippen molar-refractivity contribution < 1.29 is 8.42 Å². The van der Waals surface area contributed by atoms with Crippen LogP contribution < -0.4 is 9.62 Å². The maximum absolute atomic E-state index is 12.7. The van der Waals surface area contributed by atoms with Gasteiger partial charge in [-0.1, -0.05) is 12.1 Å². The Morgan fingerprint density at radius 1 is 1.06 bits per heavy atom. The molecule has 5 rings (SSSR count). The van der Waals surface area contributed by atoms with E-state index in [-0.39, 0.29) is 4.90 Å². The summed E-state index contributed by atoms with van der Waals surface area (Å²) < 4.78 is 33.9. The van der Waals surface area contributed by atoms with E-state index in [0.717, 1.165) is 45.0 Å². The smallest absolute Gasteiger partial charge is 0.242 e. The van der Waals surface area contributed by atoms with E-state index >= 15 is 0 Å². The van der Waals surface area contributed by atoms with Crippen molar-refractivity contribution in [3.8, 4) is 0 Å². The molecule has 1 aliphatic heterocycles. The highest BCUT2D eigenvalue weighted by atomic mass is 32.2. The first-order valence-corrected chi connectivity index (χ1v) is 12.6. The highest BCUT2D eigenvalue weighted by Crippen LogP contribution is 2.29. The van der Waals surface area contributed by atoms with E-state index in [9.17, 15) is 8.42 Å². The first kappa shape index (κ1) is 20.4. The van der Waals surface area contributed by atoms with Gasteiger partial charge < -0.3 is 9.88 Å². The molecule has 1 saturated heterocycles. The van der Waals surface area contributed by atoms with Crippen LogP contribution in [0.4, 0.5) is 5.82 Å². The van der Waals surface area contributed by atoms with Crippen molar-refractivity contribution in [1.29, 1.82) is 0 Å². The third-order valence-corrected chi connectivity index (χ3v) is 7.99. The van der Waals surface area contributed by atoms with Gasteiger partial charge >= 0.3 is 0 Å². The number of nitrogens with zero attached hydrogens (tertiary/aromatic N) is 4. The van der Waals surface area contributed by atoms with Gasteiger partial charge in [0.1, 0.15) is 16.4 Å². The summed E-state index contributed by atoms with van der Waals surface area (Å²) in [5.41, 5.74) is 0.577. The Hall–Kier alpha value is -2.53. The number of hydrogen-bond acceptors (Lipinski definition) is 7. The number of H-pyrrole nitrogens is 1. The second-order valence-electron chi connectivity index (χ2n) is 7.63. The van der Waals surface area contributed by atoms with Crippen LogP contribution in [-0.4, -0.2) is 66.9 Å². The third-order valence-electron chi connectivity index (χ3n) is 5.68. The van der Waals surface area contributed by atoms with Crippen LogP contribution in [-0.2, 0) is 10.0 Å². The SMILES string of the molecule is O=S(=O)(NCCCN1CCN(c2nsc3ccccc23)CC1)c1c[nH]c2ncccc12. The van der Waals surface area contributed by atoms with Crippen LogP contribution in [0.3, 0.4) is 0 Å². The second-order valence-corrected chi connectivity index (χ2v) is 10.2. The van der Waals surface area contributed by atoms with Crippen molar-refractivity contribution >= 4 is 48.5 Å². The minimum atomic E-state index is -3.56. The summed E-state index contributed by atoms with van der Waals surface area (Å²) in [6, 6.07) is 11.9. The van der Waals surface area contributed by atoms with Gasteiger partial charge in [0.25, 0.3) is 0 Å². The van der Waals surface area contributed by atoms with Crippen LogP contribution in [0.25, 0.3) is 21.1 Å². The molecule has 10 heteroatoms. The quantitative estimate of drug-likeness (QED) is 0.415. The van der Waals surface area contributed by atoms with Gasteiger partial charge in [-0.25, -0.2) is 18.1 Å². The van der Waals surface area contributed by atoms with Crippen molar-refractivity contribution in [2.45, 2.75) is 11.3 Å². The summed E-state index contributed by atoms with van der Waals surface area (Å²) in [4.78, 5) is 12.1. The number of fused-ring (bicyclic) bond motifs is 2. The minimum absolute atomic E-state index is 0.250. The van der Waals surface area contributed by atoms with E-state index in [1.54, 1.807) is 29.9 Å². The first-order chi connectivity index (χ1) is 15.1. The van der Waals surface area contributed by atoms with Crippen LogP contribution in [0.5, 0.6) is 0 Å². The van der Waals surface area contributed by atoms with Crippen LogP contribution >= 0.6 is 11.5 Å². The molecule has 0 saturated carbocycles. The summed E-state index contributed by atoms with van der Waals surface area (Å²) >= 11 is 1.55. The molecule has 0 bridgehead atoms. The molecule has 0 spiro atoms. The molecule has 1 aliphatic rings. The van der Waals surface area contributed by atoms with Gasteiger partial charge in [-0.3, -0.25) is 4.90 Å². The van der Waals surface area contributed by atoms with Gasteiger partial charge in [-0.05, 0) is 48.8 Å². The number of hydrogen-bond donors (Lipinski definition) is 2. The van der Waals surface area contributed by atoms with Crippen molar-refractivity contribution in [3.05, 3.63) is 48.8 Å². The lowest BCUT2D eigenvalue weighted by Crippen LogP contribution is -2.47. The van der Waals surface area contributed by atoms with E-state index in [2.05, 4.69) is 47.1 Å². The Kier molecular flexibility index (Phi) is 5.61. The molecule has 0 atom stereocenters. The molecule has 1 aromatic carbocycles. The van der Waals surface area contributed by atoms with E-state index < -0.39 is 10.0 Å². The Morgan fingerprint density at radius 2 is 1.87 bits per heavy atom. The fraction of sp³-hybridized carbons (Fsp3) is 0.333. The number of aromatic nitrogens is 3. The number of pyridine rings is 1. The Morgan fingerprint density at radius 3 is 2.74 bits per heavy atom. The van der Waals surface area contributed by atoms with Gasteiger partial charge in [0, 0.05) is 55.9 Å². The van der Waals surface area contributed by atoms with Gasteiger partial charge in [0.2, 0.25) is 10.0 Å². The summed E-state index contributed by atoms with van der Waals surface area (Å²) in [6.45, 7) is 5.04. The number of sulfonamides is 1. The van der Waals surface area contributed by atoms with Crippen LogP contribution in [0.1, 0.15) is 6.42 Å². The monoisotopic (exact) mass is 456 g/mol. The van der Waals surface area contributed by atoms with Gasteiger partial charge in [0.15, 0.2) is 0 Å². The number of benzene rings is 1. The van der Waals surface area contributed by atoms with E-state index in [0.29, 0.717) is 17.6 Å². The summed E-state index contributed by atoms with van der Waals surface area (Å²) in [7, 11) is -3.56. The average Bonchev–Trinajstić information content (AvgIpc) is 3.42. The fourth-order valence-corrected chi connectivity index (χ4v) is 6.06. The molecular formula is C21H24N6O2S2. The Bertz CT molecular complexity index is 1290. The molecule has 8 nitrogen and oxygen atoms in total. The molecule has 1 fully saturated rings. The van der Waals surface area contributed by atoms with Crippen LogP contribution in [0, 0.1) is 0 Å². The number of anilines is 1.